The number of thiazole rings is 1. The number of phenolic OH excluding ortho intramolecular Hbond substituents is 1. The summed E-state index contributed by atoms with van der Waals surface area (Å²) in [5.41, 5.74) is 2.71. The average Bonchev–Trinajstić information content (AvgIpc) is 2.91. The lowest BCUT2D eigenvalue weighted by molar-refractivity contribution is 0.373. The van der Waals surface area contributed by atoms with Gasteiger partial charge >= 0.3 is 0 Å². The fourth-order valence-corrected chi connectivity index (χ4v) is 2.95. The SMILES string of the molecule is COc1cccc(/C=N/c2nc3c(C)cccc3s2)c1O. The van der Waals surface area contributed by atoms with Gasteiger partial charge in [-0.15, -0.1) is 0 Å². The Hall–Kier alpha value is -2.40. The Bertz CT molecular complexity index is 824. The largest absolute Gasteiger partial charge is 0.504 e. The van der Waals surface area contributed by atoms with Crippen molar-refractivity contribution in [3.63, 3.8) is 0 Å². The van der Waals surface area contributed by atoms with Crippen molar-refractivity contribution in [1.82, 2.24) is 4.98 Å². The first-order valence-electron chi connectivity index (χ1n) is 6.45. The summed E-state index contributed by atoms with van der Waals surface area (Å²) in [6.07, 6.45) is 1.60. The lowest BCUT2D eigenvalue weighted by Crippen LogP contribution is -1.88. The normalized spacial score (nSPS) is 11.3. The van der Waals surface area contributed by atoms with E-state index in [1.807, 2.05) is 31.2 Å². The molecule has 0 atom stereocenters. The van der Waals surface area contributed by atoms with Gasteiger partial charge in [-0.25, -0.2) is 9.98 Å². The number of ether oxygens (including phenoxy) is 1. The van der Waals surface area contributed by atoms with Crippen molar-refractivity contribution in [2.45, 2.75) is 6.92 Å². The fourth-order valence-electron chi connectivity index (χ4n) is 2.06. The Kier molecular flexibility index (Phi) is 3.58. The van der Waals surface area contributed by atoms with Gasteiger partial charge in [-0.1, -0.05) is 29.5 Å². The number of benzene rings is 2. The predicted octanol–water partition coefficient (Wildman–Crippen LogP) is 4.07. The van der Waals surface area contributed by atoms with E-state index in [4.69, 9.17) is 4.74 Å². The number of aromatic nitrogens is 1. The maximum atomic E-state index is 10.0. The van der Waals surface area contributed by atoms with E-state index in [0.717, 1.165) is 15.8 Å². The molecule has 0 saturated carbocycles. The number of phenols is 1. The van der Waals surface area contributed by atoms with Crippen LogP contribution in [0.5, 0.6) is 11.5 Å². The molecule has 0 radical (unpaired) electrons. The van der Waals surface area contributed by atoms with Gasteiger partial charge in [0.15, 0.2) is 11.5 Å². The van der Waals surface area contributed by atoms with Gasteiger partial charge in [-0.2, -0.15) is 0 Å². The van der Waals surface area contributed by atoms with Crippen LogP contribution in [0.15, 0.2) is 41.4 Å². The van der Waals surface area contributed by atoms with Crippen molar-refractivity contribution >= 4 is 32.9 Å². The molecule has 0 spiro atoms. The highest BCUT2D eigenvalue weighted by Gasteiger charge is 2.07. The van der Waals surface area contributed by atoms with Gasteiger partial charge in [-0.05, 0) is 30.7 Å². The predicted molar refractivity (Wildman–Crippen MR) is 86.3 cm³/mol. The van der Waals surface area contributed by atoms with E-state index in [1.54, 1.807) is 18.3 Å². The summed E-state index contributed by atoms with van der Waals surface area (Å²) in [4.78, 5) is 8.87. The van der Waals surface area contributed by atoms with Gasteiger partial charge in [0.25, 0.3) is 0 Å². The molecular weight excluding hydrogens is 284 g/mol. The van der Waals surface area contributed by atoms with Crippen molar-refractivity contribution < 1.29 is 9.84 Å². The van der Waals surface area contributed by atoms with E-state index in [0.29, 0.717) is 16.4 Å². The average molecular weight is 298 g/mol. The summed E-state index contributed by atoms with van der Waals surface area (Å²) in [6.45, 7) is 2.03. The first-order chi connectivity index (χ1) is 10.2. The quantitative estimate of drug-likeness (QED) is 0.742. The Morgan fingerprint density at radius 2 is 2.05 bits per heavy atom. The van der Waals surface area contributed by atoms with Crippen LogP contribution in [0.2, 0.25) is 0 Å². The number of para-hydroxylation sites is 2. The minimum atomic E-state index is 0.0843. The number of methoxy groups -OCH3 is 1. The maximum absolute atomic E-state index is 10.0. The zero-order chi connectivity index (χ0) is 14.8. The van der Waals surface area contributed by atoms with E-state index < -0.39 is 0 Å². The van der Waals surface area contributed by atoms with Crippen LogP contribution in [0.3, 0.4) is 0 Å². The molecule has 5 heteroatoms. The van der Waals surface area contributed by atoms with Crippen LogP contribution in [0.4, 0.5) is 5.13 Å². The summed E-state index contributed by atoms with van der Waals surface area (Å²) in [7, 11) is 1.52. The second kappa shape index (κ2) is 5.54. The molecular formula is C16H14N2O2S. The third kappa shape index (κ3) is 2.60. The first-order valence-corrected chi connectivity index (χ1v) is 7.27. The molecule has 0 bridgehead atoms. The number of aromatic hydroxyl groups is 1. The molecule has 3 aromatic rings. The Labute approximate surface area is 126 Å². The van der Waals surface area contributed by atoms with Gasteiger partial charge in [0.2, 0.25) is 5.13 Å². The van der Waals surface area contributed by atoms with E-state index >= 15 is 0 Å². The topological polar surface area (TPSA) is 54.7 Å². The maximum Gasteiger partial charge on any atom is 0.210 e. The summed E-state index contributed by atoms with van der Waals surface area (Å²) >= 11 is 1.52. The Balaban J connectivity index is 1.96. The molecule has 106 valence electrons. The smallest absolute Gasteiger partial charge is 0.210 e. The van der Waals surface area contributed by atoms with Gasteiger partial charge in [-0.3, -0.25) is 0 Å². The second-order valence-electron chi connectivity index (χ2n) is 4.57. The van der Waals surface area contributed by atoms with Gasteiger partial charge in [0.1, 0.15) is 0 Å². The lowest BCUT2D eigenvalue weighted by atomic mass is 10.2. The molecule has 0 aliphatic heterocycles. The van der Waals surface area contributed by atoms with Crippen LogP contribution < -0.4 is 4.74 Å². The standard InChI is InChI=1S/C16H14N2O2S/c1-10-5-3-8-13-14(10)18-16(21-13)17-9-11-6-4-7-12(20-2)15(11)19/h3-9,19H,1-2H3/b17-9+. The lowest BCUT2D eigenvalue weighted by Gasteiger charge is -2.04. The molecule has 0 amide bonds. The highest BCUT2D eigenvalue weighted by Crippen LogP contribution is 2.31. The zero-order valence-electron chi connectivity index (χ0n) is 11.7. The van der Waals surface area contributed by atoms with Gasteiger partial charge in [0, 0.05) is 11.8 Å². The highest BCUT2D eigenvalue weighted by molar-refractivity contribution is 7.22. The van der Waals surface area contributed by atoms with Crippen LogP contribution in [0.1, 0.15) is 11.1 Å². The number of fused-ring (bicyclic) bond motifs is 1. The molecule has 1 N–H and O–H groups in total. The molecule has 0 aliphatic rings. The van der Waals surface area contributed by atoms with Gasteiger partial charge in [0.05, 0.1) is 17.3 Å². The van der Waals surface area contributed by atoms with Crippen LogP contribution in [0.25, 0.3) is 10.2 Å². The monoisotopic (exact) mass is 298 g/mol. The molecule has 3 rings (SSSR count). The van der Waals surface area contributed by atoms with E-state index in [-0.39, 0.29) is 5.75 Å². The van der Waals surface area contributed by atoms with E-state index in [2.05, 4.69) is 9.98 Å². The molecule has 0 aliphatic carbocycles. The van der Waals surface area contributed by atoms with Crippen molar-refractivity contribution in [1.29, 1.82) is 0 Å². The number of hydrogen-bond acceptors (Lipinski definition) is 5. The molecule has 1 aromatic heterocycles. The summed E-state index contributed by atoms with van der Waals surface area (Å²) < 4.78 is 6.19. The summed E-state index contributed by atoms with van der Waals surface area (Å²) in [5, 5.41) is 10.7. The Morgan fingerprint density at radius 3 is 2.81 bits per heavy atom. The number of rotatable bonds is 3. The summed E-state index contributed by atoms with van der Waals surface area (Å²) in [6, 6.07) is 11.4. The highest BCUT2D eigenvalue weighted by atomic mass is 32.1. The molecule has 0 fully saturated rings. The third-order valence-corrected chi connectivity index (χ3v) is 4.10. The van der Waals surface area contributed by atoms with Crippen molar-refractivity contribution in [3.8, 4) is 11.5 Å². The van der Waals surface area contributed by atoms with Crippen LogP contribution in [0, 0.1) is 6.92 Å². The molecule has 21 heavy (non-hydrogen) atoms. The van der Waals surface area contributed by atoms with Crippen molar-refractivity contribution in [2.24, 2.45) is 4.99 Å². The van der Waals surface area contributed by atoms with Crippen molar-refractivity contribution in [2.75, 3.05) is 7.11 Å². The first kappa shape index (κ1) is 13.6. The van der Waals surface area contributed by atoms with Crippen LogP contribution in [-0.4, -0.2) is 23.4 Å². The minimum Gasteiger partial charge on any atom is -0.504 e. The zero-order valence-corrected chi connectivity index (χ0v) is 12.5. The molecule has 4 nitrogen and oxygen atoms in total. The molecule has 2 aromatic carbocycles. The van der Waals surface area contributed by atoms with E-state index in [1.165, 1.54) is 18.4 Å². The molecule has 0 saturated heterocycles. The Morgan fingerprint density at radius 1 is 1.24 bits per heavy atom. The van der Waals surface area contributed by atoms with Crippen LogP contribution in [-0.2, 0) is 0 Å². The summed E-state index contributed by atoms with van der Waals surface area (Å²) in [5.74, 6) is 0.514. The second-order valence-corrected chi connectivity index (χ2v) is 5.58. The molecule has 1 heterocycles. The molecule has 0 unspecified atom stereocenters. The van der Waals surface area contributed by atoms with Crippen LogP contribution >= 0.6 is 11.3 Å². The van der Waals surface area contributed by atoms with E-state index in [9.17, 15) is 5.11 Å². The third-order valence-electron chi connectivity index (χ3n) is 3.17. The fraction of sp³-hybridized carbons (Fsp3) is 0.125. The number of nitrogens with zero attached hydrogens (tertiary/aromatic N) is 2. The number of hydrogen-bond donors (Lipinski definition) is 1. The number of aryl methyl sites for hydroxylation is 1. The minimum absolute atomic E-state index is 0.0843. The van der Waals surface area contributed by atoms with Crippen molar-refractivity contribution in [3.05, 3.63) is 47.5 Å². The van der Waals surface area contributed by atoms with Gasteiger partial charge < -0.3 is 9.84 Å². The number of aliphatic imine (C=N–C) groups is 1.